The van der Waals surface area contributed by atoms with Gasteiger partial charge < -0.3 is 10.2 Å². The van der Waals surface area contributed by atoms with Crippen LogP contribution in [0.1, 0.15) is 37.8 Å². The predicted molar refractivity (Wildman–Crippen MR) is 62.5 cm³/mol. The summed E-state index contributed by atoms with van der Waals surface area (Å²) in [4.78, 5) is 10.9. The summed E-state index contributed by atoms with van der Waals surface area (Å²) < 4.78 is 0. The van der Waals surface area contributed by atoms with Crippen LogP contribution in [0.25, 0.3) is 0 Å². The third-order valence-electron chi connectivity index (χ3n) is 2.67. The highest BCUT2D eigenvalue weighted by Crippen LogP contribution is 2.23. The molecule has 0 amide bonds. The first-order chi connectivity index (χ1) is 7.34. The molecule has 1 aromatic carbocycles. The van der Waals surface area contributed by atoms with E-state index in [-0.39, 0.29) is 6.42 Å². The summed E-state index contributed by atoms with van der Waals surface area (Å²) >= 11 is 0. The first-order valence-electron chi connectivity index (χ1n) is 5.38. The molecule has 0 aliphatic carbocycles. The molecule has 1 atom stereocenters. The molecule has 1 rings (SSSR count). The highest BCUT2D eigenvalue weighted by molar-refractivity contribution is 5.77. The van der Waals surface area contributed by atoms with E-state index in [0.717, 1.165) is 11.1 Å². The number of carbonyl (C=O) groups is 1. The molecule has 3 nitrogen and oxygen atoms in total. The molecule has 0 saturated carbocycles. The van der Waals surface area contributed by atoms with Gasteiger partial charge in [-0.1, -0.05) is 38.1 Å². The summed E-state index contributed by atoms with van der Waals surface area (Å²) in [6.07, 6.45) is 0.136. The molecule has 88 valence electrons. The minimum atomic E-state index is -1.70. The Bertz CT molecular complexity index is 381. The van der Waals surface area contributed by atoms with Crippen LogP contribution in [0.4, 0.5) is 0 Å². The Morgan fingerprint density at radius 2 is 1.94 bits per heavy atom. The van der Waals surface area contributed by atoms with Gasteiger partial charge in [-0.3, -0.25) is 0 Å². The van der Waals surface area contributed by atoms with E-state index in [9.17, 15) is 9.90 Å². The third kappa shape index (κ3) is 2.83. The van der Waals surface area contributed by atoms with Gasteiger partial charge in [0.15, 0.2) is 5.60 Å². The Balaban J connectivity index is 3.01. The van der Waals surface area contributed by atoms with Gasteiger partial charge in [0, 0.05) is 6.42 Å². The number of carboxylic acid groups (broad SMARTS) is 1. The van der Waals surface area contributed by atoms with E-state index in [1.807, 2.05) is 38.1 Å². The number of aliphatic carboxylic acids is 1. The van der Waals surface area contributed by atoms with Crippen LogP contribution in [0.5, 0.6) is 0 Å². The van der Waals surface area contributed by atoms with Crippen LogP contribution < -0.4 is 0 Å². The monoisotopic (exact) mass is 222 g/mol. The van der Waals surface area contributed by atoms with Crippen molar-refractivity contribution in [3.63, 3.8) is 0 Å². The van der Waals surface area contributed by atoms with Gasteiger partial charge in [-0.25, -0.2) is 4.79 Å². The van der Waals surface area contributed by atoms with E-state index in [1.165, 1.54) is 6.92 Å². The normalized spacial score (nSPS) is 14.8. The average molecular weight is 222 g/mol. The van der Waals surface area contributed by atoms with E-state index >= 15 is 0 Å². The zero-order chi connectivity index (χ0) is 12.3. The maximum atomic E-state index is 10.9. The maximum Gasteiger partial charge on any atom is 0.335 e. The van der Waals surface area contributed by atoms with Crippen LogP contribution in [-0.4, -0.2) is 21.8 Å². The van der Waals surface area contributed by atoms with Gasteiger partial charge in [-0.2, -0.15) is 0 Å². The second-order valence-corrected chi connectivity index (χ2v) is 4.61. The number of rotatable bonds is 4. The number of hydrogen-bond acceptors (Lipinski definition) is 2. The number of aliphatic hydroxyl groups is 1. The van der Waals surface area contributed by atoms with Crippen molar-refractivity contribution in [3.8, 4) is 0 Å². The first-order valence-corrected chi connectivity index (χ1v) is 5.38. The second kappa shape index (κ2) is 4.66. The van der Waals surface area contributed by atoms with Gasteiger partial charge in [0.25, 0.3) is 0 Å². The van der Waals surface area contributed by atoms with E-state index in [1.54, 1.807) is 0 Å². The Morgan fingerprint density at radius 1 is 1.38 bits per heavy atom. The first kappa shape index (κ1) is 12.7. The van der Waals surface area contributed by atoms with Crippen LogP contribution in [0.2, 0.25) is 0 Å². The molecule has 0 spiro atoms. The van der Waals surface area contributed by atoms with Crippen molar-refractivity contribution in [2.45, 2.75) is 38.7 Å². The standard InChI is InChI=1S/C13H18O3/c1-9(2)11-7-5-4-6-10(11)8-13(3,16)12(14)15/h4-7,9,16H,8H2,1-3H3,(H,14,15). The van der Waals surface area contributed by atoms with E-state index in [0.29, 0.717) is 5.92 Å². The lowest BCUT2D eigenvalue weighted by molar-refractivity contribution is -0.156. The Morgan fingerprint density at radius 3 is 2.44 bits per heavy atom. The van der Waals surface area contributed by atoms with Crippen molar-refractivity contribution in [1.82, 2.24) is 0 Å². The Labute approximate surface area is 95.7 Å². The van der Waals surface area contributed by atoms with Crippen molar-refractivity contribution in [1.29, 1.82) is 0 Å². The summed E-state index contributed by atoms with van der Waals surface area (Å²) in [7, 11) is 0. The van der Waals surface area contributed by atoms with E-state index in [4.69, 9.17) is 5.11 Å². The molecule has 0 aliphatic rings. The zero-order valence-electron chi connectivity index (χ0n) is 9.90. The molecule has 1 aromatic rings. The van der Waals surface area contributed by atoms with Gasteiger partial charge in [0.1, 0.15) is 0 Å². The summed E-state index contributed by atoms with van der Waals surface area (Å²) in [6, 6.07) is 7.62. The van der Waals surface area contributed by atoms with Gasteiger partial charge >= 0.3 is 5.97 Å². The molecule has 0 fully saturated rings. The van der Waals surface area contributed by atoms with Gasteiger partial charge in [0.05, 0.1) is 0 Å². The molecular formula is C13H18O3. The average Bonchev–Trinajstić information content (AvgIpc) is 2.17. The fourth-order valence-electron chi connectivity index (χ4n) is 1.70. The zero-order valence-corrected chi connectivity index (χ0v) is 9.90. The molecule has 3 heteroatoms. The molecular weight excluding hydrogens is 204 g/mol. The highest BCUT2D eigenvalue weighted by Gasteiger charge is 2.30. The fraction of sp³-hybridized carbons (Fsp3) is 0.462. The summed E-state index contributed by atoms with van der Waals surface area (Å²) in [5, 5.41) is 18.6. The fourth-order valence-corrected chi connectivity index (χ4v) is 1.70. The molecule has 0 radical (unpaired) electrons. The summed E-state index contributed by atoms with van der Waals surface area (Å²) in [5.41, 5.74) is 0.277. The van der Waals surface area contributed by atoms with Crippen molar-refractivity contribution in [2.24, 2.45) is 0 Å². The molecule has 1 unspecified atom stereocenters. The molecule has 2 N–H and O–H groups in total. The SMILES string of the molecule is CC(C)c1ccccc1CC(C)(O)C(=O)O. The topological polar surface area (TPSA) is 57.5 Å². The minimum absolute atomic E-state index is 0.136. The van der Waals surface area contributed by atoms with Crippen LogP contribution in [0.15, 0.2) is 24.3 Å². The lowest BCUT2D eigenvalue weighted by atomic mass is 9.89. The lowest BCUT2D eigenvalue weighted by Gasteiger charge is -2.21. The second-order valence-electron chi connectivity index (χ2n) is 4.61. The van der Waals surface area contributed by atoms with E-state index in [2.05, 4.69) is 0 Å². The summed E-state index contributed by atoms with van der Waals surface area (Å²) in [6.45, 7) is 5.43. The van der Waals surface area contributed by atoms with Crippen molar-refractivity contribution >= 4 is 5.97 Å². The number of benzene rings is 1. The van der Waals surface area contributed by atoms with Crippen LogP contribution >= 0.6 is 0 Å². The highest BCUT2D eigenvalue weighted by atomic mass is 16.4. The quantitative estimate of drug-likeness (QED) is 0.821. The number of hydrogen-bond donors (Lipinski definition) is 2. The Hall–Kier alpha value is -1.35. The Kier molecular flexibility index (Phi) is 3.70. The molecule has 0 bridgehead atoms. The molecule has 0 aromatic heterocycles. The van der Waals surface area contributed by atoms with E-state index < -0.39 is 11.6 Å². The molecule has 0 saturated heterocycles. The van der Waals surface area contributed by atoms with Crippen molar-refractivity contribution in [3.05, 3.63) is 35.4 Å². The predicted octanol–water partition coefficient (Wildman–Crippen LogP) is 2.19. The van der Waals surface area contributed by atoms with Gasteiger partial charge in [0.2, 0.25) is 0 Å². The smallest absolute Gasteiger partial charge is 0.335 e. The largest absolute Gasteiger partial charge is 0.479 e. The van der Waals surface area contributed by atoms with Crippen molar-refractivity contribution in [2.75, 3.05) is 0 Å². The van der Waals surface area contributed by atoms with Crippen molar-refractivity contribution < 1.29 is 15.0 Å². The number of carboxylic acids is 1. The third-order valence-corrected chi connectivity index (χ3v) is 2.67. The molecule has 0 aliphatic heterocycles. The van der Waals surface area contributed by atoms with Gasteiger partial charge in [-0.15, -0.1) is 0 Å². The lowest BCUT2D eigenvalue weighted by Crippen LogP contribution is -2.37. The van der Waals surface area contributed by atoms with Crippen LogP contribution in [0, 0.1) is 0 Å². The molecule has 16 heavy (non-hydrogen) atoms. The van der Waals surface area contributed by atoms with Gasteiger partial charge in [-0.05, 0) is 24.0 Å². The summed E-state index contributed by atoms with van der Waals surface area (Å²) in [5.74, 6) is -0.869. The minimum Gasteiger partial charge on any atom is -0.479 e. The maximum absolute atomic E-state index is 10.9. The van der Waals surface area contributed by atoms with Crippen LogP contribution in [-0.2, 0) is 11.2 Å². The molecule has 0 heterocycles. The van der Waals surface area contributed by atoms with Crippen LogP contribution in [0.3, 0.4) is 0 Å².